The Labute approximate surface area is 129 Å². The molecule has 0 aromatic carbocycles. The summed E-state index contributed by atoms with van der Waals surface area (Å²) in [6.45, 7) is 15.0. The van der Waals surface area contributed by atoms with Crippen molar-refractivity contribution in [2.45, 2.75) is 80.3 Å². The van der Waals surface area contributed by atoms with Crippen LogP contribution in [0.25, 0.3) is 0 Å². The van der Waals surface area contributed by atoms with Crippen molar-refractivity contribution in [3.8, 4) is 0 Å². The van der Waals surface area contributed by atoms with Crippen molar-refractivity contribution in [3.05, 3.63) is 0 Å². The SMILES string of the molecule is CC(OC(=O)CCC(=O)O)C(CC(C)(C)C)CC(C)(C)C. The second kappa shape index (κ2) is 7.81. The van der Waals surface area contributed by atoms with Crippen molar-refractivity contribution < 1.29 is 19.4 Å². The number of carbonyl (C=O) groups excluding carboxylic acids is 1. The maximum atomic E-state index is 11.7. The summed E-state index contributed by atoms with van der Waals surface area (Å²) in [4.78, 5) is 22.2. The molecule has 0 heterocycles. The van der Waals surface area contributed by atoms with Gasteiger partial charge in [0.25, 0.3) is 0 Å². The molecule has 0 rings (SSSR count). The van der Waals surface area contributed by atoms with E-state index < -0.39 is 11.9 Å². The molecule has 21 heavy (non-hydrogen) atoms. The van der Waals surface area contributed by atoms with E-state index in [2.05, 4.69) is 41.5 Å². The van der Waals surface area contributed by atoms with Crippen LogP contribution in [0.3, 0.4) is 0 Å². The zero-order valence-corrected chi connectivity index (χ0v) is 14.7. The number of ether oxygens (including phenoxy) is 1. The molecule has 1 N–H and O–H groups in total. The van der Waals surface area contributed by atoms with Gasteiger partial charge in [0.15, 0.2) is 0 Å². The quantitative estimate of drug-likeness (QED) is 0.713. The number of rotatable bonds is 7. The van der Waals surface area contributed by atoms with E-state index in [0.29, 0.717) is 0 Å². The highest BCUT2D eigenvalue weighted by Gasteiger charge is 2.30. The van der Waals surface area contributed by atoms with Gasteiger partial charge in [0, 0.05) is 0 Å². The lowest BCUT2D eigenvalue weighted by atomic mass is 9.75. The van der Waals surface area contributed by atoms with E-state index >= 15 is 0 Å². The second-order valence-corrected chi connectivity index (χ2v) is 8.38. The molecule has 0 spiro atoms. The average molecular weight is 300 g/mol. The molecule has 0 fully saturated rings. The fraction of sp³-hybridized carbons (Fsp3) is 0.882. The number of carboxylic acid groups (broad SMARTS) is 1. The Bertz CT molecular complexity index is 331. The molecule has 4 heteroatoms. The van der Waals surface area contributed by atoms with Crippen molar-refractivity contribution in [1.29, 1.82) is 0 Å². The predicted octanol–water partition coefficient (Wildman–Crippen LogP) is 4.27. The van der Waals surface area contributed by atoms with Crippen molar-refractivity contribution in [2.24, 2.45) is 16.7 Å². The summed E-state index contributed by atoms with van der Waals surface area (Å²) in [5, 5.41) is 8.60. The van der Waals surface area contributed by atoms with Gasteiger partial charge in [0.2, 0.25) is 0 Å². The van der Waals surface area contributed by atoms with Crippen molar-refractivity contribution in [2.75, 3.05) is 0 Å². The van der Waals surface area contributed by atoms with E-state index in [-0.39, 0.29) is 35.7 Å². The molecule has 0 radical (unpaired) electrons. The first kappa shape index (κ1) is 19.9. The van der Waals surface area contributed by atoms with Gasteiger partial charge in [0.1, 0.15) is 6.10 Å². The smallest absolute Gasteiger partial charge is 0.306 e. The number of carbonyl (C=O) groups is 2. The largest absolute Gasteiger partial charge is 0.481 e. The Morgan fingerprint density at radius 1 is 0.952 bits per heavy atom. The van der Waals surface area contributed by atoms with E-state index in [9.17, 15) is 9.59 Å². The Kier molecular flexibility index (Phi) is 7.41. The minimum absolute atomic E-state index is 0.0581. The monoisotopic (exact) mass is 300 g/mol. The highest BCUT2D eigenvalue weighted by atomic mass is 16.5. The third-order valence-corrected chi connectivity index (χ3v) is 3.27. The fourth-order valence-electron chi connectivity index (χ4n) is 2.55. The molecule has 4 nitrogen and oxygen atoms in total. The molecule has 0 aromatic rings. The van der Waals surface area contributed by atoms with E-state index in [0.717, 1.165) is 12.8 Å². The van der Waals surface area contributed by atoms with Crippen molar-refractivity contribution in [3.63, 3.8) is 0 Å². The van der Waals surface area contributed by atoms with Crippen LogP contribution < -0.4 is 0 Å². The van der Waals surface area contributed by atoms with E-state index in [4.69, 9.17) is 9.84 Å². The van der Waals surface area contributed by atoms with Gasteiger partial charge in [-0.1, -0.05) is 41.5 Å². The van der Waals surface area contributed by atoms with Crippen LogP contribution in [-0.4, -0.2) is 23.1 Å². The molecule has 1 atom stereocenters. The number of esters is 1. The first-order valence-electron chi connectivity index (χ1n) is 7.71. The Morgan fingerprint density at radius 2 is 1.38 bits per heavy atom. The molecular formula is C17H32O4. The van der Waals surface area contributed by atoms with Gasteiger partial charge < -0.3 is 9.84 Å². The third kappa shape index (κ3) is 11.3. The van der Waals surface area contributed by atoms with Gasteiger partial charge in [-0.05, 0) is 36.5 Å². The zero-order valence-electron chi connectivity index (χ0n) is 14.7. The molecule has 0 aliphatic rings. The average Bonchev–Trinajstić information content (AvgIpc) is 2.21. The molecular weight excluding hydrogens is 268 g/mol. The van der Waals surface area contributed by atoms with E-state index in [1.165, 1.54) is 0 Å². The standard InChI is InChI=1S/C17H32O4/c1-12(21-15(20)9-8-14(18)19)13(10-16(2,3)4)11-17(5,6)7/h12-13H,8-11H2,1-7H3,(H,18,19). The highest BCUT2D eigenvalue weighted by Crippen LogP contribution is 2.35. The molecule has 1 unspecified atom stereocenters. The zero-order chi connectivity index (χ0) is 16.8. The van der Waals surface area contributed by atoms with Gasteiger partial charge in [-0.15, -0.1) is 0 Å². The minimum atomic E-state index is -0.972. The van der Waals surface area contributed by atoms with Crippen LogP contribution in [0.5, 0.6) is 0 Å². The maximum absolute atomic E-state index is 11.7. The first-order valence-corrected chi connectivity index (χ1v) is 7.71. The molecule has 0 aliphatic carbocycles. The lowest BCUT2D eigenvalue weighted by Crippen LogP contribution is -2.31. The summed E-state index contributed by atoms with van der Waals surface area (Å²) >= 11 is 0. The van der Waals surface area contributed by atoms with Crippen molar-refractivity contribution >= 4 is 11.9 Å². The second-order valence-electron chi connectivity index (χ2n) is 8.38. The molecule has 124 valence electrons. The molecule has 0 saturated carbocycles. The highest BCUT2D eigenvalue weighted by molar-refractivity contribution is 5.76. The van der Waals surface area contributed by atoms with Crippen LogP contribution in [0, 0.1) is 16.7 Å². The number of hydrogen-bond donors (Lipinski definition) is 1. The number of carboxylic acids is 1. The van der Waals surface area contributed by atoms with Gasteiger partial charge in [0.05, 0.1) is 12.8 Å². The topological polar surface area (TPSA) is 63.6 Å². The van der Waals surface area contributed by atoms with Gasteiger partial charge >= 0.3 is 11.9 Å². The van der Waals surface area contributed by atoms with E-state index in [1.807, 2.05) is 6.92 Å². The fourth-order valence-corrected chi connectivity index (χ4v) is 2.55. The van der Waals surface area contributed by atoms with Gasteiger partial charge in [-0.3, -0.25) is 9.59 Å². The van der Waals surface area contributed by atoms with Crippen molar-refractivity contribution in [1.82, 2.24) is 0 Å². The van der Waals surface area contributed by atoms with Crippen LogP contribution in [0.4, 0.5) is 0 Å². The Balaban J connectivity index is 4.67. The van der Waals surface area contributed by atoms with Crippen LogP contribution in [-0.2, 0) is 14.3 Å². The van der Waals surface area contributed by atoms with Gasteiger partial charge in [-0.2, -0.15) is 0 Å². The molecule has 0 bridgehead atoms. The summed E-state index contributed by atoms with van der Waals surface area (Å²) in [5.74, 6) is -1.11. The van der Waals surface area contributed by atoms with E-state index in [1.54, 1.807) is 0 Å². The summed E-state index contributed by atoms with van der Waals surface area (Å²) in [5.41, 5.74) is 0.329. The molecule has 0 aromatic heterocycles. The lowest BCUT2D eigenvalue weighted by molar-refractivity contribution is -0.154. The summed E-state index contributed by atoms with van der Waals surface area (Å²) in [6, 6.07) is 0. The van der Waals surface area contributed by atoms with Crippen LogP contribution >= 0.6 is 0 Å². The Hall–Kier alpha value is -1.06. The van der Waals surface area contributed by atoms with Gasteiger partial charge in [-0.25, -0.2) is 0 Å². The molecule has 0 aliphatic heterocycles. The number of hydrogen-bond acceptors (Lipinski definition) is 3. The Morgan fingerprint density at radius 3 is 1.71 bits per heavy atom. The predicted molar refractivity (Wildman–Crippen MR) is 84.1 cm³/mol. The van der Waals surface area contributed by atoms with Crippen LogP contribution in [0.15, 0.2) is 0 Å². The lowest BCUT2D eigenvalue weighted by Gasteiger charge is -2.34. The summed E-state index contributed by atoms with van der Waals surface area (Å²) in [6.07, 6.45) is 1.52. The first-order chi connectivity index (χ1) is 9.30. The minimum Gasteiger partial charge on any atom is -0.481 e. The number of aliphatic carboxylic acids is 1. The summed E-state index contributed by atoms with van der Waals surface area (Å²) in [7, 11) is 0. The van der Waals surface area contributed by atoms with Crippen LogP contribution in [0.1, 0.15) is 74.1 Å². The third-order valence-electron chi connectivity index (χ3n) is 3.27. The normalized spacial score (nSPS) is 14.1. The van der Waals surface area contributed by atoms with Crippen LogP contribution in [0.2, 0.25) is 0 Å². The molecule has 0 amide bonds. The summed E-state index contributed by atoms with van der Waals surface area (Å²) < 4.78 is 5.45. The maximum Gasteiger partial charge on any atom is 0.306 e. The molecule has 0 saturated heterocycles.